The van der Waals surface area contributed by atoms with E-state index < -0.39 is 0 Å². The number of aromatic nitrogens is 1. The average molecular weight is 359 g/mol. The van der Waals surface area contributed by atoms with Crippen molar-refractivity contribution in [1.82, 2.24) is 9.88 Å². The summed E-state index contributed by atoms with van der Waals surface area (Å²) in [5.74, 6) is 1.45. The van der Waals surface area contributed by atoms with Crippen LogP contribution in [-0.2, 0) is 4.79 Å². The van der Waals surface area contributed by atoms with Gasteiger partial charge in [0.1, 0.15) is 5.75 Å². The second kappa shape index (κ2) is 6.83. The molecule has 2 aliphatic rings. The van der Waals surface area contributed by atoms with Crippen LogP contribution in [0.4, 0.5) is 5.13 Å². The molecule has 2 aromatic rings. The van der Waals surface area contributed by atoms with Gasteiger partial charge in [0, 0.05) is 38.2 Å². The first-order valence-electron chi connectivity index (χ1n) is 9.12. The molecule has 1 aromatic heterocycles. The fourth-order valence-electron chi connectivity index (χ4n) is 3.73. The highest BCUT2D eigenvalue weighted by Crippen LogP contribution is 2.34. The number of nitrogens with zero attached hydrogens (tertiary/aromatic N) is 3. The topological polar surface area (TPSA) is 45.7 Å². The summed E-state index contributed by atoms with van der Waals surface area (Å²) in [5.41, 5.74) is 0.986. The van der Waals surface area contributed by atoms with E-state index in [1.54, 1.807) is 18.4 Å². The van der Waals surface area contributed by atoms with E-state index in [2.05, 4.69) is 11.0 Å². The average Bonchev–Trinajstić information content (AvgIpc) is 3.02. The van der Waals surface area contributed by atoms with E-state index in [-0.39, 0.29) is 5.92 Å². The van der Waals surface area contributed by atoms with Gasteiger partial charge >= 0.3 is 0 Å². The first-order valence-corrected chi connectivity index (χ1v) is 9.93. The van der Waals surface area contributed by atoms with Crippen molar-refractivity contribution in [3.05, 3.63) is 18.2 Å². The molecule has 2 fully saturated rings. The Labute approximate surface area is 152 Å². The van der Waals surface area contributed by atoms with Gasteiger partial charge in [0.05, 0.1) is 17.3 Å². The van der Waals surface area contributed by atoms with E-state index in [0.29, 0.717) is 11.9 Å². The van der Waals surface area contributed by atoms with Crippen LogP contribution in [0.15, 0.2) is 18.2 Å². The number of amides is 1. The number of likely N-dealkylation sites (N-methyl/N-ethyl adjacent to an activating group) is 1. The molecular weight excluding hydrogens is 334 g/mol. The van der Waals surface area contributed by atoms with Crippen LogP contribution in [0.3, 0.4) is 0 Å². The first-order chi connectivity index (χ1) is 12.2. The molecule has 1 amide bonds. The predicted molar refractivity (Wildman–Crippen MR) is 102 cm³/mol. The third-order valence-electron chi connectivity index (χ3n) is 5.60. The van der Waals surface area contributed by atoms with E-state index in [1.807, 2.05) is 24.1 Å². The Morgan fingerprint density at radius 1 is 1.32 bits per heavy atom. The van der Waals surface area contributed by atoms with Crippen LogP contribution in [0.5, 0.6) is 5.75 Å². The molecule has 0 N–H and O–H groups in total. The molecule has 134 valence electrons. The molecule has 0 spiro atoms. The maximum atomic E-state index is 12.6. The molecule has 1 unspecified atom stereocenters. The van der Waals surface area contributed by atoms with Crippen molar-refractivity contribution >= 4 is 32.6 Å². The molecule has 6 heteroatoms. The van der Waals surface area contributed by atoms with Crippen molar-refractivity contribution in [2.45, 2.75) is 38.1 Å². The molecular formula is C19H25N3O2S. The van der Waals surface area contributed by atoms with Crippen molar-refractivity contribution < 1.29 is 9.53 Å². The van der Waals surface area contributed by atoms with E-state index in [4.69, 9.17) is 9.72 Å². The highest BCUT2D eigenvalue weighted by Gasteiger charge is 2.33. The molecule has 1 aliphatic heterocycles. The Kier molecular flexibility index (Phi) is 4.54. The van der Waals surface area contributed by atoms with Gasteiger partial charge in [-0.15, -0.1) is 0 Å². The van der Waals surface area contributed by atoms with Crippen molar-refractivity contribution in [2.24, 2.45) is 5.92 Å². The molecule has 1 saturated carbocycles. The molecule has 1 aromatic carbocycles. The van der Waals surface area contributed by atoms with Crippen LogP contribution in [0.2, 0.25) is 0 Å². The highest BCUT2D eigenvalue weighted by atomic mass is 32.1. The predicted octanol–water partition coefficient (Wildman–Crippen LogP) is 3.53. The van der Waals surface area contributed by atoms with Gasteiger partial charge in [-0.1, -0.05) is 17.8 Å². The number of carbonyl (C=O) groups is 1. The minimum absolute atomic E-state index is 0.273. The van der Waals surface area contributed by atoms with Gasteiger partial charge in [-0.2, -0.15) is 0 Å². The number of hydrogen-bond donors (Lipinski definition) is 0. The Hall–Kier alpha value is -1.82. The summed E-state index contributed by atoms with van der Waals surface area (Å²) < 4.78 is 6.47. The number of thiazole rings is 1. The molecule has 1 saturated heterocycles. The number of piperidine rings is 1. The van der Waals surface area contributed by atoms with Gasteiger partial charge in [-0.25, -0.2) is 4.98 Å². The lowest BCUT2D eigenvalue weighted by molar-refractivity contribution is -0.139. The summed E-state index contributed by atoms with van der Waals surface area (Å²) >= 11 is 1.72. The van der Waals surface area contributed by atoms with Crippen LogP contribution < -0.4 is 9.64 Å². The molecule has 0 radical (unpaired) electrons. The Morgan fingerprint density at radius 2 is 2.16 bits per heavy atom. The molecule has 5 nitrogen and oxygen atoms in total. The van der Waals surface area contributed by atoms with E-state index in [0.717, 1.165) is 55.2 Å². The number of methoxy groups -OCH3 is 1. The number of hydrogen-bond acceptors (Lipinski definition) is 5. The second-order valence-corrected chi connectivity index (χ2v) is 8.16. The second-order valence-electron chi connectivity index (χ2n) is 7.15. The zero-order valence-corrected chi connectivity index (χ0v) is 15.7. The van der Waals surface area contributed by atoms with Gasteiger partial charge in [0.25, 0.3) is 0 Å². The number of fused-ring (bicyclic) bond motifs is 1. The third-order valence-corrected chi connectivity index (χ3v) is 6.70. The molecule has 1 atom stereocenters. The Morgan fingerprint density at radius 3 is 2.88 bits per heavy atom. The van der Waals surface area contributed by atoms with E-state index >= 15 is 0 Å². The first kappa shape index (κ1) is 16.6. The SMILES string of the molecule is COc1ccc2sc(N3CCCC(N(C)C(=O)C4CCC4)C3)nc2c1. The number of carbonyl (C=O) groups excluding carboxylic acids is 1. The molecule has 4 rings (SSSR count). The minimum atomic E-state index is 0.273. The molecule has 1 aliphatic carbocycles. The number of benzene rings is 1. The van der Waals surface area contributed by atoms with Gasteiger partial charge in [0.15, 0.2) is 5.13 Å². The van der Waals surface area contributed by atoms with E-state index in [1.165, 1.54) is 11.1 Å². The maximum Gasteiger partial charge on any atom is 0.225 e. The Balaban J connectivity index is 1.49. The normalized spacial score (nSPS) is 21.2. The van der Waals surface area contributed by atoms with Gasteiger partial charge in [0.2, 0.25) is 5.91 Å². The molecule has 25 heavy (non-hydrogen) atoms. The van der Waals surface area contributed by atoms with Crippen molar-refractivity contribution in [1.29, 1.82) is 0 Å². The van der Waals surface area contributed by atoms with Crippen LogP contribution in [-0.4, -0.2) is 49.1 Å². The fraction of sp³-hybridized carbons (Fsp3) is 0.579. The van der Waals surface area contributed by atoms with Crippen LogP contribution >= 0.6 is 11.3 Å². The van der Waals surface area contributed by atoms with Crippen LogP contribution in [0.25, 0.3) is 10.2 Å². The molecule has 0 bridgehead atoms. The van der Waals surface area contributed by atoms with Gasteiger partial charge < -0.3 is 14.5 Å². The van der Waals surface area contributed by atoms with Crippen LogP contribution in [0, 0.1) is 5.92 Å². The number of anilines is 1. The minimum Gasteiger partial charge on any atom is -0.497 e. The monoisotopic (exact) mass is 359 g/mol. The number of ether oxygens (including phenoxy) is 1. The third kappa shape index (κ3) is 3.19. The largest absolute Gasteiger partial charge is 0.497 e. The van der Waals surface area contributed by atoms with E-state index in [9.17, 15) is 4.79 Å². The van der Waals surface area contributed by atoms with Crippen LogP contribution in [0.1, 0.15) is 32.1 Å². The van der Waals surface area contributed by atoms with Crippen molar-refractivity contribution in [3.8, 4) is 5.75 Å². The molecule has 2 heterocycles. The maximum absolute atomic E-state index is 12.6. The smallest absolute Gasteiger partial charge is 0.225 e. The van der Waals surface area contributed by atoms with Gasteiger partial charge in [-0.05, 0) is 37.8 Å². The van der Waals surface area contributed by atoms with Gasteiger partial charge in [-0.3, -0.25) is 4.79 Å². The number of rotatable bonds is 4. The quantitative estimate of drug-likeness (QED) is 0.838. The summed E-state index contributed by atoms with van der Waals surface area (Å²) in [6, 6.07) is 6.34. The lowest BCUT2D eigenvalue weighted by Crippen LogP contribution is -2.50. The fourth-order valence-corrected chi connectivity index (χ4v) is 4.71. The summed E-state index contributed by atoms with van der Waals surface area (Å²) in [5, 5.41) is 1.05. The zero-order chi connectivity index (χ0) is 17.4. The Bertz CT molecular complexity index is 771. The summed E-state index contributed by atoms with van der Waals surface area (Å²) in [7, 11) is 3.66. The summed E-state index contributed by atoms with van der Waals surface area (Å²) in [6.07, 6.45) is 5.53. The standard InChI is InChI=1S/C19H25N3O2S/c1-21(18(23)13-5-3-6-13)14-7-4-10-22(12-14)19-20-16-11-15(24-2)8-9-17(16)25-19/h8-9,11,13-14H,3-7,10,12H2,1-2H3. The van der Waals surface area contributed by atoms with Crippen molar-refractivity contribution in [2.75, 3.05) is 32.1 Å². The summed E-state index contributed by atoms with van der Waals surface area (Å²) in [4.78, 5) is 21.7. The summed E-state index contributed by atoms with van der Waals surface area (Å²) in [6.45, 7) is 1.89. The lowest BCUT2D eigenvalue weighted by atomic mass is 9.84. The van der Waals surface area contributed by atoms with Crippen molar-refractivity contribution in [3.63, 3.8) is 0 Å². The highest BCUT2D eigenvalue weighted by molar-refractivity contribution is 7.22. The lowest BCUT2D eigenvalue weighted by Gasteiger charge is -2.40. The zero-order valence-electron chi connectivity index (χ0n) is 14.9.